The number of carboxylic acids is 1. The fraction of sp³-hybridized carbons (Fsp3) is 0.133. The van der Waals surface area contributed by atoms with Crippen LogP contribution in [0.3, 0.4) is 0 Å². The van der Waals surface area contributed by atoms with Crippen LogP contribution < -0.4 is 5.73 Å². The summed E-state index contributed by atoms with van der Waals surface area (Å²) in [5.74, 6) is -1.61. The molecular formula is C15H14ClNO3. The summed E-state index contributed by atoms with van der Waals surface area (Å²) in [6, 6.07) is 11.4. The first-order chi connectivity index (χ1) is 9.47. The molecule has 2 rings (SSSR count). The van der Waals surface area contributed by atoms with Gasteiger partial charge in [0.25, 0.3) is 0 Å². The summed E-state index contributed by atoms with van der Waals surface area (Å²) < 4.78 is 0. The van der Waals surface area contributed by atoms with Crippen LogP contribution in [0, 0.1) is 0 Å². The Hall–Kier alpha value is -2.20. The SMILES string of the molecule is Nc1cc(CC(C(=O)O)c2ccc(Cl)cc2)ccc1O. The Bertz CT molecular complexity index is 626. The van der Waals surface area contributed by atoms with Crippen molar-refractivity contribution in [2.24, 2.45) is 0 Å². The van der Waals surface area contributed by atoms with E-state index < -0.39 is 11.9 Å². The number of carboxylic acid groups (broad SMARTS) is 1. The fourth-order valence-corrected chi connectivity index (χ4v) is 2.14. The average Bonchev–Trinajstić information content (AvgIpc) is 2.41. The number of benzene rings is 2. The maximum Gasteiger partial charge on any atom is 0.311 e. The van der Waals surface area contributed by atoms with E-state index >= 15 is 0 Å². The Morgan fingerprint density at radius 2 is 1.85 bits per heavy atom. The predicted octanol–water partition coefficient (Wildman–Crippen LogP) is 3.04. The lowest BCUT2D eigenvalue weighted by Crippen LogP contribution is -2.14. The molecule has 1 atom stereocenters. The zero-order chi connectivity index (χ0) is 14.7. The molecule has 2 aromatic carbocycles. The number of nitrogens with two attached hydrogens (primary N) is 1. The second-order valence-electron chi connectivity index (χ2n) is 4.54. The first-order valence-electron chi connectivity index (χ1n) is 6.03. The third kappa shape index (κ3) is 3.22. The van der Waals surface area contributed by atoms with Gasteiger partial charge in [0.2, 0.25) is 0 Å². The van der Waals surface area contributed by atoms with Crippen LogP contribution in [0.25, 0.3) is 0 Å². The minimum atomic E-state index is -0.918. The van der Waals surface area contributed by atoms with Crippen molar-refractivity contribution in [3.05, 3.63) is 58.6 Å². The molecule has 0 saturated carbocycles. The van der Waals surface area contributed by atoms with E-state index in [0.29, 0.717) is 17.0 Å². The number of anilines is 1. The Labute approximate surface area is 121 Å². The molecule has 0 bridgehead atoms. The van der Waals surface area contributed by atoms with Gasteiger partial charge in [0.15, 0.2) is 0 Å². The average molecular weight is 292 g/mol. The van der Waals surface area contributed by atoms with Crippen LogP contribution in [0.15, 0.2) is 42.5 Å². The van der Waals surface area contributed by atoms with Gasteiger partial charge in [-0.3, -0.25) is 4.79 Å². The van der Waals surface area contributed by atoms with Crippen LogP contribution in [0.5, 0.6) is 5.75 Å². The van der Waals surface area contributed by atoms with Crippen LogP contribution >= 0.6 is 11.6 Å². The normalized spacial score (nSPS) is 12.1. The number of hydrogen-bond acceptors (Lipinski definition) is 3. The van der Waals surface area contributed by atoms with Crippen molar-refractivity contribution in [2.45, 2.75) is 12.3 Å². The van der Waals surface area contributed by atoms with Gasteiger partial charge in [-0.05, 0) is 41.8 Å². The van der Waals surface area contributed by atoms with E-state index in [-0.39, 0.29) is 11.4 Å². The lowest BCUT2D eigenvalue weighted by Gasteiger charge is -2.13. The van der Waals surface area contributed by atoms with Gasteiger partial charge < -0.3 is 15.9 Å². The molecule has 0 aliphatic heterocycles. The highest BCUT2D eigenvalue weighted by Gasteiger charge is 2.20. The number of phenols is 1. The third-order valence-electron chi connectivity index (χ3n) is 3.10. The van der Waals surface area contributed by atoms with Gasteiger partial charge >= 0.3 is 5.97 Å². The highest BCUT2D eigenvalue weighted by atomic mass is 35.5. The highest BCUT2D eigenvalue weighted by molar-refractivity contribution is 6.30. The maximum atomic E-state index is 11.4. The van der Waals surface area contributed by atoms with Crippen molar-refractivity contribution in [1.82, 2.24) is 0 Å². The summed E-state index contributed by atoms with van der Waals surface area (Å²) in [5, 5.41) is 19.3. The summed E-state index contributed by atoms with van der Waals surface area (Å²) in [6.45, 7) is 0. The first-order valence-corrected chi connectivity index (χ1v) is 6.41. The van der Waals surface area contributed by atoms with E-state index in [2.05, 4.69) is 0 Å². The molecule has 0 heterocycles. The second-order valence-corrected chi connectivity index (χ2v) is 4.98. The molecule has 0 aliphatic carbocycles. The van der Waals surface area contributed by atoms with E-state index in [1.807, 2.05) is 0 Å². The molecule has 0 spiro atoms. The van der Waals surface area contributed by atoms with Gasteiger partial charge in [0.1, 0.15) is 5.75 Å². The summed E-state index contributed by atoms with van der Waals surface area (Å²) >= 11 is 5.80. The lowest BCUT2D eigenvalue weighted by molar-refractivity contribution is -0.138. The molecule has 0 fully saturated rings. The molecule has 5 heteroatoms. The molecule has 0 radical (unpaired) electrons. The number of carbonyl (C=O) groups is 1. The molecule has 0 amide bonds. The summed E-state index contributed by atoms with van der Waals surface area (Å²) in [5.41, 5.74) is 7.28. The largest absolute Gasteiger partial charge is 0.506 e. The number of rotatable bonds is 4. The Morgan fingerprint density at radius 3 is 2.40 bits per heavy atom. The van der Waals surface area contributed by atoms with Crippen molar-refractivity contribution in [1.29, 1.82) is 0 Å². The lowest BCUT2D eigenvalue weighted by atomic mass is 9.92. The number of phenolic OH excluding ortho intramolecular Hbond substituents is 1. The summed E-state index contributed by atoms with van der Waals surface area (Å²) in [6.07, 6.45) is 0.293. The maximum absolute atomic E-state index is 11.4. The molecule has 20 heavy (non-hydrogen) atoms. The summed E-state index contributed by atoms with van der Waals surface area (Å²) in [7, 11) is 0. The van der Waals surface area contributed by atoms with Crippen molar-refractivity contribution in [3.63, 3.8) is 0 Å². The van der Waals surface area contributed by atoms with Gasteiger partial charge in [0.05, 0.1) is 11.6 Å². The van der Waals surface area contributed by atoms with Crippen LogP contribution in [-0.4, -0.2) is 16.2 Å². The molecule has 4 nitrogen and oxygen atoms in total. The number of nitrogen functional groups attached to an aromatic ring is 1. The van der Waals surface area contributed by atoms with Crippen LogP contribution in [0.2, 0.25) is 5.02 Å². The summed E-state index contributed by atoms with van der Waals surface area (Å²) in [4.78, 5) is 11.4. The van der Waals surface area contributed by atoms with Crippen molar-refractivity contribution in [3.8, 4) is 5.75 Å². The zero-order valence-electron chi connectivity index (χ0n) is 10.6. The Morgan fingerprint density at radius 1 is 1.20 bits per heavy atom. The van der Waals surface area contributed by atoms with Gasteiger partial charge in [-0.15, -0.1) is 0 Å². The van der Waals surface area contributed by atoms with E-state index in [1.165, 1.54) is 6.07 Å². The fourth-order valence-electron chi connectivity index (χ4n) is 2.01. The van der Waals surface area contributed by atoms with Crippen molar-refractivity contribution < 1.29 is 15.0 Å². The minimum absolute atomic E-state index is 0.00730. The number of aromatic hydroxyl groups is 1. The van der Waals surface area contributed by atoms with Crippen molar-refractivity contribution >= 4 is 23.3 Å². The van der Waals surface area contributed by atoms with Crippen LogP contribution in [-0.2, 0) is 11.2 Å². The van der Waals surface area contributed by atoms with Crippen LogP contribution in [0.1, 0.15) is 17.0 Å². The molecule has 0 aliphatic rings. The molecule has 0 aromatic heterocycles. The monoisotopic (exact) mass is 291 g/mol. The van der Waals surface area contributed by atoms with Gasteiger partial charge in [-0.25, -0.2) is 0 Å². The number of hydrogen-bond donors (Lipinski definition) is 3. The van der Waals surface area contributed by atoms with Gasteiger partial charge in [-0.1, -0.05) is 29.8 Å². The van der Waals surface area contributed by atoms with Gasteiger partial charge in [0, 0.05) is 5.02 Å². The third-order valence-corrected chi connectivity index (χ3v) is 3.35. The standard InChI is InChI=1S/C15H14ClNO3/c16-11-4-2-10(3-5-11)12(15(19)20)7-9-1-6-14(18)13(17)8-9/h1-6,8,12,18H,7,17H2,(H,19,20). The van der Waals surface area contributed by atoms with Crippen molar-refractivity contribution in [2.75, 3.05) is 5.73 Å². The number of aliphatic carboxylic acids is 1. The quantitative estimate of drug-likeness (QED) is 0.597. The van der Waals surface area contributed by atoms with E-state index in [1.54, 1.807) is 36.4 Å². The molecule has 2 aromatic rings. The molecule has 4 N–H and O–H groups in total. The van der Waals surface area contributed by atoms with E-state index in [0.717, 1.165) is 5.56 Å². The smallest absolute Gasteiger partial charge is 0.311 e. The van der Waals surface area contributed by atoms with E-state index in [4.69, 9.17) is 17.3 Å². The second kappa shape index (κ2) is 5.84. The minimum Gasteiger partial charge on any atom is -0.506 e. The molecule has 104 valence electrons. The van der Waals surface area contributed by atoms with Gasteiger partial charge in [-0.2, -0.15) is 0 Å². The zero-order valence-corrected chi connectivity index (χ0v) is 11.3. The topological polar surface area (TPSA) is 83.6 Å². The van der Waals surface area contributed by atoms with E-state index in [9.17, 15) is 15.0 Å². The highest BCUT2D eigenvalue weighted by Crippen LogP contribution is 2.26. The molecule has 0 saturated heterocycles. The molecular weight excluding hydrogens is 278 g/mol. The van der Waals surface area contributed by atoms with Crippen LogP contribution in [0.4, 0.5) is 5.69 Å². The number of halogens is 1. The Kier molecular flexibility index (Phi) is 4.15. The first kappa shape index (κ1) is 14.2. The molecule has 1 unspecified atom stereocenters. The Balaban J connectivity index is 2.27. The predicted molar refractivity (Wildman–Crippen MR) is 78.1 cm³/mol.